The van der Waals surface area contributed by atoms with Crippen LogP contribution < -0.4 is 10.6 Å². The van der Waals surface area contributed by atoms with Gasteiger partial charge in [0.2, 0.25) is 5.91 Å². The van der Waals surface area contributed by atoms with Gasteiger partial charge in [0.25, 0.3) is 0 Å². The first-order valence-corrected chi connectivity index (χ1v) is 7.69. The molecular weight excluding hydrogens is 224 g/mol. The summed E-state index contributed by atoms with van der Waals surface area (Å²) < 4.78 is 0. The summed E-state index contributed by atoms with van der Waals surface area (Å²) >= 11 is 0. The summed E-state index contributed by atoms with van der Waals surface area (Å²) in [6, 6.07) is 0.349. The highest BCUT2D eigenvalue weighted by molar-refractivity contribution is 5.83. The number of nitrogens with one attached hydrogen (secondary N) is 2. The van der Waals surface area contributed by atoms with Crippen LogP contribution in [0.1, 0.15) is 58.8 Å². The molecule has 0 bridgehead atoms. The van der Waals surface area contributed by atoms with Gasteiger partial charge in [-0.15, -0.1) is 0 Å². The summed E-state index contributed by atoms with van der Waals surface area (Å²) in [4.78, 5) is 12.5. The maximum atomic E-state index is 12.5. The molecule has 1 amide bonds. The quantitative estimate of drug-likeness (QED) is 0.807. The Morgan fingerprint density at radius 2 is 2.11 bits per heavy atom. The van der Waals surface area contributed by atoms with Crippen LogP contribution in [0.5, 0.6) is 0 Å². The molecule has 3 nitrogen and oxygen atoms in total. The average Bonchev–Trinajstić information content (AvgIpc) is 2.89. The Bertz CT molecular complexity index is 278. The van der Waals surface area contributed by atoms with Crippen LogP contribution in [-0.2, 0) is 4.79 Å². The zero-order valence-electron chi connectivity index (χ0n) is 11.9. The molecule has 1 unspecified atom stereocenters. The first-order chi connectivity index (χ1) is 8.68. The van der Waals surface area contributed by atoms with Gasteiger partial charge in [0, 0.05) is 12.6 Å². The topological polar surface area (TPSA) is 41.1 Å². The summed E-state index contributed by atoms with van der Waals surface area (Å²) in [6.45, 7) is 6.17. The predicted octanol–water partition coefficient (Wildman–Crippen LogP) is 2.46. The van der Waals surface area contributed by atoms with Crippen LogP contribution in [0, 0.1) is 11.3 Å². The third-order valence-electron chi connectivity index (χ3n) is 5.12. The van der Waals surface area contributed by atoms with Crippen LogP contribution in [0.4, 0.5) is 0 Å². The number of hydrogen-bond donors (Lipinski definition) is 2. The molecule has 18 heavy (non-hydrogen) atoms. The summed E-state index contributed by atoms with van der Waals surface area (Å²) in [5.74, 6) is 0.985. The number of amides is 1. The van der Waals surface area contributed by atoms with Crippen molar-refractivity contribution in [1.29, 1.82) is 0 Å². The molecule has 0 aromatic rings. The van der Waals surface area contributed by atoms with E-state index in [-0.39, 0.29) is 11.3 Å². The fraction of sp³-hybridized carbons (Fsp3) is 0.933. The van der Waals surface area contributed by atoms with E-state index in [9.17, 15) is 4.79 Å². The van der Waals surface area contributed by atoms with Gasteiger partial charge in [-0.2, -0.15) is 0 Å². The smallest absolute Gasteiger partial charge is 0.227 e. The minimum absolute atomic E-state index is 0.136. The minimum Gasteiger partial charge on any atom is -0.353 e. The van der Waals surface area contributed by atoms with Crippen LogP contribution in [0.3, 0.4) is 0 Å². The van der Waals surface area contributed by atoms with E-state index < -0.39 is 0 Å². The minimum atomic E-state index is -0.136. The van der Waals surface area contributed by atoms with E-state index in [0.29, 0.717) is 12.0 Å². The normalized spacial score (nSPS) is 31.2. The van der Waals surface area contributed by atoms with E-state index in [1.165, 1.54) is 32.1 Å². The van der Waals surface area contributed by atoms with Gasteiger partial charge in [-0.05, 0) is 45.1 Å². The predicted molar refractivity (Wildman–Crippen MR) is 74.4 cm³/mol. The van der Waals surface area contributed by atoms with Crippen LogP contribution in [0.25, 0.3) is 0 Å². The molecule has 1 saturated heterocycles. The van der Waals surface area contributed by atoms with Crippen molar-refractivity contribution in [3.63, 3.8) is 0 Å². The van der Waals surface area contributed by atoms with E-state index >= 15 is 0 Å². The van der Waals surface area contributed by atoms with Crippen molar-refractivity contribution >= 4 is 5.91 Å². The van der Waals surface area contributed by atoms with Gasteiger partial charge < -0.3 is 10.6 Å². The SMILES string of the molecule is CCC1(C(=O)N[C@H](C)C2CCCCC2)CCNC1. The highest BCUT2D eigenvalue weighted by Gasteiger charge is 2.40. The lowest BCUT2D eigenvalue weighted by Crippen LogP contribution is -2.48. The van der Waals surface area contributed by atoms with E-state index in [0.717, 1.165) is 25.9 Å². The molecule has 1 aliphatic carbocycles. The molecule has 0 aromatic heterocycles. The molecule has 1 saturated carbocycles. The van der Waals surface area contributed by atoms with E-state index in [1.54, 1.807) is 0 Å². The van der Waals surface area contributed by atoms with E-state index in [2.05, 4.69) is 24.5 Å². The number of rotatable bonds is 4. The molecule has 0 spiro atoms. The Hall–Kier alpha value is -0.570. The Balaban J connectivity index is 1.89. The zero-order valence-corrected chi connectivity index (χ0v) is 11.9. The van der Waals surface area contributed by atoms with Crippen molar-refractivity contribution in [2.75, 3.05) is 13.1 Å². The Morgan fingerprint density at radius 1 is 1.39 bits per heavy atom. The molecule has 2 N–H and O–H groups in total. The summed E-state index contributed by atoms with van der Waals surface area (Å²) in [5, 5.41) is 6.64. The number of carbonyl (C=O) groups is 1. The van der Waals surface area contributed by atoms with Gasteiger partial charge in [0.15, 0.2) is 0 Å². The first kappa shape index (κ1) is 13.9. The second kappa shape index (κ2) is 6.05. The third kappa shape index (κ3) is 2.87. The van der Waals surface area contributed by atoms with Crippen molar-refractivity contribution in [2.24, 2.45) is 11.3 Å². The highest BCUT2D eigenvalue weighted by Crippen LogP contribution is 2.31. The largest absolute Gasteiger partial charge is 0.353 e. The van der Waals surface area contributed by atoms with Crippen molar-refractivity contribution in [3.8, 4) is 0 Å². The molecule has 1 aliphatic heterocycles. The second-order valence-corrected chi connectivity index (χ2v) is 6.22. The van der Waals surface area contributed by atoms with Gasteiger partial charge in [-0.3, -0.25) is 4.79 Å². The van der Waals surface area contributed by atoms with Gasteiger partial charge in [-0.25, -0.2) is 0 Å². The molecule has 104 valence electrons. The molecule has 0 radical (unpaired) electrons. The molecule has 0 aromatic carbocycles. The van der Waals surface area contributed by atoms with Crippen molar-refractivity contribution in [1.82, 2.24) is 10.6 Å². The number of carbonyl (C=O) groups excluding carboxylic acids is 1. The fourth-order valence-corrected chi connectivity index (χ4v) is 3.51. The Morgan fingerprint density at radius 3 is 2.67 bits per heavy atom. The summed E-state index contributed by atoms with van der Waals surface area (Å²) in [5.41, 5.74) is -0.136. The molecule has 3 heteroatoms. The Kier molecular flexibility index (Phi) is 4.66. The van der Waals surface area contributed by atoms with Gasteiger partial charge >= 0.3 is 0 Å². The van der Waals surface area contributed by atoms with Crippen LogP contribution in [0.15, 0.2) is 0 Å². The lowest BCUT2D eigenvalue weighted by Gasteiger charge is -2.32. The molecule has 2 aliphatic rings. The van der Waals surface area contributed by atoms with E-state index in [1.807, 2.05) is 0 Å². The molecule has 2 fully saturated rings. The first-order valence-electron chi connectivity index (χ1n) is 7.69. The monoisotopic (exact) mass is 252 g/mol. The van der Waals surface area contributed by atoms with Gasteiger partial charge in [0.05, 0.1) is 5.41 Å². The van der Waals surface area contributed by atoms with Crippen molar-refractivity contribution < 1.29 is 4.79 Å². The van der Waals surface area contributed by atoms with Crippen LogP contribution in [-0.4, -0.2) is 25.0 Å². The van der Waals surface area contributed by atoms with Gasteiger partial charge in [-0.1, -0.05) is 26.2 Å². The highest BCUT2D eigenvalue weighted by atomic mass is 16.2. The third-order valence-corrected chi connectivity index (χ3v) is 5.12. The maximum Gasteiger partial charge on any atom is 0.227 e. The van der Waals surface area contributed by atoms with Crippen LogP contribution in [0.2, 0.25) is 0 Å². The molecule has 2 rings (SSSR count). The van der Waals surface area contributed by atoms with Gasteiger partial charge in [0.1, 0.15) is 0 Å². The van der Waals surface area contributed by atoms with E-state index in [4.69, 9.17) is 0 Å². The zero-order chi connectivity index (χ0) is 13.0. The summed E-state index contributed by atoms with van der Waals surface area (Å²) in [7, 11) is 0. The lowest BCUT2D eigenvalue weighted by molar-refractivity contribution is -0.131. The van der Waals surface area contributed by atoms with Crippen molar-refractivity contribution in [3.05, 3.63) is 0 Å². The number of hydrogen-bond acceptors (Lipinski definition) is 2. The average molecular weight is 252 g/mol. The molecule has 2 atom stereocenters. The second-order valence-electron chi connectivity index (χ2n) is 6.22. The standard InChI is InChI=1S/C15H28N2O/c1-3-15(9-10-16-11-15)14(18)17-12(2)13-7-5-4-6-8-13/h12-13,16H,3-11H2,1-2H3,(H,17,18)/t12-,15?/m1/s1. The Labute approximate surface area is 111 Å². The molecule has 1 heterocycles. The lowest BCUT2D eigenvalue weighted by atomic mass is 9.81. The van der Waals surface area contributed by atoms with Crippen LogP contribution >= 0.6 is 0 Å². The van der Waals surface area contributed by atoms with Crippen molar-refractivity contribution in [2.45, 2.75) is 64.8 Å². The maximum absolute atomic E-state index is 12.5. The fourth-order valence-electron chi connectivity index (χ4n) is 3.51. The summed E-state index contributed by atoms with van der Waals surface area (Å²) in [6.07, 6.45) is 8.57. The molecular formula is C15H28N2O.